The Morgan fingerprint density at radius 2 is 2.00 bits per heavy atom. The number of aliphatic hydroxyl groups is 1. The number of hydrogen-bond donors (Lipinski definition) is 2. The van der Waals surface area contributed by atoms with E-state index in [1.165, 1.54) is 6.08 Å². The predicted molar refractivity (Wildman–Crippen MR) is 76.4 cm³/mol. The summed E-state index contributed by atoms with van der Waals surface area (Å²) in [5, 5.41) is 12.2. The van der Waals surface area contributed by atoms with Gasteiger partial charge in [-0.3, -0.25) is 14.5 Å². The molecule has 2 N–H and O–H groups in total. The molecule has 0 bridgehead atoms. The lowest BCUT2D eigenvalue weighted by Crippen LogP contribution is -2.34. The largest absolute Gasteiger partial charge is 0.395 e. The lowest BCUT2D eigenvalue weighted by molar-refractivity contribution is -0.137. The van der Waals surface area contributed by atoms with Crippen LogP contribution in [0.2, 0.25) is 5.02 Å². The molecule has 0 saturated heterocycles. The number of rotatable bonds is 4. The summed E-state index contributed by atoms with van der Waals surface area (Å²) in [4.78, 5) is 24.6. The summed E-state index contributed by atoms with van der Waals surface area (Å²) in [6.07, 6.45) is 1.22. The van der Waals surface area contributed by atoms with Gasteiger partial charge in [0, 0.05) is 6.08 Å². The standard InChI is InChI=1S/C14H15ClN2O3/c1-8-5-9(2)13(10(15)6-8)16-11-7-12(19)17(3-4-18)14(11)20/h5-7,16,18H,3-4H2,1-2H3. The van der Waals surface area contributed by atoms with Crippen LogP contribution in [-0.4, -0.2) is 35.0 Å². The van der Waals surface area contributed by atoms with E-state index < -0.39 is 11.8 Å². The van der Waals surface area contributed by atoms with Crippen molar-refractivity contribution in [3.63, 3.8) is 0 Å². The van der Waals surface area contributed by atoms with Gasteiger partial charge in [-0.05, 0) is 31.0 Å². The van der Waals surface area contributed by atoms with Crippen molar-refractivity contribution in [2.45, 2.75) is 13.8 Å². The number of carbonyl (C=O) groups is 2. The number of anilines is 1. The number of benzene rings is 1. The number of carbonyl (C=O) groups excluding carboxylic acids is 2. The molecule has 1 aromatic carbocycles. The molecule has 1 aliphatic heterocycles. The van der Waals surface area contributed by atoms with Gasteiger partial charge in [-0.2, -0.15) is 0 Å². The quantitative estimate of drug-likeness (QED) is 0.828. The molecule has 0 unspecified atom stereocenters. The smallest absolute Gasteiger partial charge is 0.277 e. The molecule has 0 fully saturated rings. The number of amides is 2. The highest BCUT2D eigenvalue weighted by Gasteiger charge is 2.31. The molecule has 0 aromatic heterocycles. The van der Waals surface area contributed by atoms with Crippen LogP contribution in [0.4, 0.5) is 5.69 Å². The number of aryl methyl sites for hydroxylation is 2. The Kier molecular flexibility index (Phi) is 4.11. The third-order valence-electron chi connectivity index (χ3n) is 3.02. The van der Waals surface area contributed by atoms with Crippen LogP contribution in [0.15, 0.2) is 23.9 Å². The zero-order chi connectivity index (χ0) is 14.9. The van der Waals surface area contributed by atoms with Crippen molar-refractivity contribution in [1.29, 1.82) is 0 Å². The monoisotopic (exact) mass is 294 g/mol. The van der Waals surface area contributed by atoms with E-state index in [1.54, 1.807) is 6.07 Å². The maximum atomic E-state index is 12.0. The summed E-state index contributed by atoms with van der Waals surface area (Å²) in [6.45, 7) is 3.52. The summed E-state index contributed by atoms with van der Waals surface area (Å²) in [6, 6.07) is 3.71. The predicted octanol–water partition coefficient (Wildman–Crippen LogP) is 1.61. The highest BCUT2D eigenvalue weighted by molar-refractivity contribution is 6.33. The van der Waals surface area contributed by atoms with Crippen molar-refractivity contribution in [2.24, 2.45) is 0 Å². The summed E-state index contributed by atoms with van der Waals surface area (Å²) in [5.74, 6) is -0.896. The first-order chi connectivity index (χ1) is 9.43. The molecule has 0 radical (unpaired) electrons. The zero-order valence-electron chi connectivity index (χ0n) is 11.2. The molecule has 0 aliphatic carbocycles. The second-order valence-electron chi connectivity index (χ2n) is 4.64. The van der Waals surface area contributed by atoms with Crippen molar-refractivity contribution in [3.8, 4) is 0 Å². The number of β-amino-alcohol motifs (C(OH)–C–C–N with tert-alkyl or cyclic N) is 1. The SMILES string of the molecule is Cc1cc(C)c(NC2=CC(=O)N(CCO)C2=O)c(Cl)c1. The number of hydrogen-bond acceptors (Lipinski definition) is 4. The minimum Gasteiger partial charge on any atom is -0.395 e. The van der Waals surface area contributed by atoms with Crippen molar-refractivity contribution in [1.82, 2.24) is 4.90 Å². The fourth-order valence-electron chi connectivity index (χ4n) is 2.12. The van der Waals surface area contributed by atoms with Gasteiger partial charge in [-0.25, -0.2) is 0 Å². The van der Waals surface area contributed by atoms with Gasteiger partial charge < -0.3 is 10.4 Å². The van der Waals surface area contributed by atoms with E-state index in [4.69, 9.17) is 16.7 Å². The molecule has 2 amide bonds. The molecule has 1 heterocycles. The first-order valence-electron chi connectivity index (χ1n) is 6.16. The van der Waals surface area contributed by atoms with E-state index >= 15 is 0 Å². The van der Waals surface area contributed by atoms with E-state index in [1.807, 2.05) is 19.9 Å². The summed E-state index contributed by atoms with van der Waals surface area (Å²) < 4.78 is 0. The molecule has 0 spiro atoms. The Balaban J connectivity index is 2.26. The van der Waals surface area contributed by atoms with E-state index in [2.05, 4.69) is 5.32 Å². The Hall–Kier alpha value is -1.85. The van der Waals surface area contributed by atoms with Gasteiger partial charge in [0.25, 0.3) is 11.8 Å². The van der Waals surface area contributed by atoms with Crippen LogP contribution in [0, 0.1) is 13.8 Å². The molecular weight excluding hydrogens is 280 g/mol. The van der Waals surface area contributed by atoms with E-state index in [9.17, 15) is 9.59 Å². The molecule has 2 rings (SSSR count). The minimum atomic E-state index is -0.458. The third-order valence-corrected chi connectivity index (χ3v) is 3.32. The first-order valence-corrected chi connectivity index (χ1v) is 6.54. The zero-order valence-corrected chi connectivity index (χ0v) is 12.0. The Morgan fingerprint density at radius 3 is 2.60 bits per heavy atom. The van der Waals surface area contributed by atoms with Gasteiger partial charge in [-0.15, -0.1) is 0 Å². The van der Waals surface area contributed by atoms with Crippen LogP contribution >= 0.6 is 11.6 Å². The summed E-state index contributed by atoms with van der Waals surface area (Å²) in [5.41, 5.74) is 2.67. The van der Waals surface area contributed by atoms with Crippen LogP contribution in [0.1, 0.15) is 11.1 Å². The van der Waals surface area contributed by atoms with Gasteiger partial charge in [0.2, 0.25) is 0 Å². The van der Waals surface area contributed by atoms with Gasteiger partial charge >= 0.3 is 0 Å². The Bertz CT molecular complexity index is 587. The Labute approximate surface area is 121 Å². The molecular formula is C14H15ClN2O3. The number of nitrogens with zero attached hydrogens (tertiary/aromatic N) is 1. The lowest BCUT2D eigenvalue weighted by atomic mass is 10.1. The topological polar surface area (TPSA) is 69.6 Å². The van der Waals surface area contributed by atoms with Crippen LogP contribution in [0.25, 0.3) is 0 Å². The fraction of sp³-hybridized carbons (Fsp3) is 0.286. The molecule has 20 heavy (non-hydrogen) atoms. The summed E-state index contributed by atoms with van der Waals surface area (Å²) >= 11 is 6.16. The number of imide groups is 1. The van der Waals surface area contributed by atoms with Crippen molar-refractivity contribution < 1.29 is 14.7 Å². The van der Waals surface area contributed by atoms with E-state index in [-0.39, 0.29) is 18.8 Å². The average molecular weight is 295 g/mol. The van der Waals surface area contributed by atoms with Crippen molar-refractivity contribution >= 4 is 29.1 Å². The van der Waals surface area contributed by atoms with Gasteiger partial charge in [-0.1, -0.05) is 17.7 Å². The number of halogens is 1. The maximum Gasteiger partial charge on any atom is 0.277 e. The molecule has 106 valence electrons. The average Bonchev–Trinajstić information content (AvgIpc) is 2.62. The third kappa shape index (κ3) is 2.69. The minimum absolute atomic E-state index is 0.0139. The molecule has 0 saturated carbocycles. The van der Waals surface area contributed by atoms with Crippen LogP contribution in [-0.2, 0) is 9.59 Å². The highest BCUT2D eigenvalue weighted by atomic mass is 35.5. The molecule has 6 heteroatoms. The van der Waals surface area contributed by atoms with E-state index in [0.29, 0.717) is 10.7 Å². The van der Waals surface area contributed by atoms with Crippen LogP contribution in [0.5, 0.6) is 0 Å². The highest BCUT2D eigenvalue weighted by Crippen LogP contribution is 2.29. The lowest BCUT2D eigenvalue weighted by Gasteiger charge is -2.15. The van der Waals surface area contributed by atoms with Crippen molar-refractivity contribution in [2.75, 3.05) is 18.5 Å². The molecule has 5 nitrogen and oxygen atoms in total. The second-order valence-corrected chi connectivity index (χ2v) is 5.05. The van der Waals surface area contributed by atoms with E-state index in [0.717, 1.165) is 16.0 Å². The maximum absolute atomic E-state index is 12.0. The van der Waals surface area contributed by atoms with Gasteiger partial charge in [0.05, 0.1) is 23.9 Å². The normalized spacial score (nSPS) is 14.8. The fourth-order valence-corrected chi connectivity index (χ4v) is 2.49. The Morgan fingerprint density at radius 1 is 1.30 bits per heavy atom. The van der Waals surface area contributed by atoms with Crippen LogP contribution < -0.4 is 5.32 Å². The molecule has 1 aliphatic rings. The van der Waals surface area contributed by atoms with Crippen LogP contribution in [0.3, 0.4) is 0 Å². The second kappa shape index (κ2) is 5.64. The summed E-state index contributed by atoms with van der Waals surface area (Å²) in [7, 11) is 0. The molecule has 0 atom stereocenters. The first kappa shape index (κ1) is 14.6. The number of nitrogens with one attached hydrogen (secondary N) is 1. The van der Waals surface area contributed by atoms with Crippen molar-refractivity contribution in [3.05, 3.63) is 40.1 Å². The number of aliphatic hydroxyl groups excluding tert-OH is 1. The van der Waals surface area contributed by atoms with Gasteiger partial charge in [0.1, 0.15) is 5.70 Å². The molecule has 1 aromatic rings. The van der Waals surface area contributed by atoms with Gasteiger partial charge in [0.15, 0.2) is 0 Å².